The van der Waals surface area contributed by atoms with E-state index < -0.39 is 23.4 Å². The van der Waals surface area contributed by atoms with Crippen LogP contribution in [0.4, 0.5) is 0 Å². The molecule has 4 rings (SSSR count). The van der Waals surface area contributed by atoms with Gasteiger partial charge in [0.05, 0.1) is 37.4 Å². The van der Waals surface area contributed by atoms with Crippen LogP contribution in [0.25, 0.3) is 0 Å². The Morgan fingerprint density at radius 1 is 1.14 bits per heavy atom. The van der Waals surface area contributed by atoms with Gasteiger partial charge in [0.1, 0.15) is 6.10 Å². The molecule has 7 nitrogen and oxygen atoms in total. The zero-order valence-electron chi connectivity index (χ0n) is 22.1. The third-order valence-corrected chi connectivity index (χ3v) is 8.30. The Kier molecular flexibility index (Phi) is 8.05. The fraction of sp³-hybridized carbons (Fsp3) is 0.655. The van der Waals surface area contributed by atoms with Gasteiger partial charge in [-0.25, -0.2) is 0 Å². The number of ether oxygens (including phenoxy) is 5. The minimum absolute atomic E-state index is 0.0520. The van der Waals surface area contributed by atoms with Crippen LogP contribution in [0.3, 0.4) is 0 Å². The number of methoxy groups -OCH3 is 1. The number of hydrogen-bond donors (Lipinski definition) is 0. The molecule has 3 heterocycles. The lowest BCUT2D eigenvalue weighted by Gasteiger charge is -2.50. The fourth-order valence-electron chi connectivity index (χ4n) is 5.82. The van der Waals surface area contributed by atoms with Gasteiger partial charge in [-0.3, -0.25) is 9.59 Å². The largest absolute Gasteiger partial charge is 0.457 e. The second kappa shape index (κ2) is 10.7. The Labute approximate surface area is 214 Å². The smallest absolute Gasteiger partial charge is 0.309 e. The number of ketones is 1. The maximum atomic E-state index is 13.5. The van der Waals surface area contributed by atoms with Crippen molar-refractivity contribution in [3.8, 4) is 0 Å². The van der Waals surface area contributed by atoms with Crippen LogP contribution in [0, 0.1) is 17.3 Å². The van der Waals surface area contributed by atoms with E-state index in [1.807, 2.05) is 58.0 Å². The van der Waals surface area contributed by atoms with Crippen LogP contribution < -0.4 is 0 Å². The summed E-state index contributed by atoms with van der Waals surface area (Å²) >= 11 is 0. The molecule has 3 aliphatic rings. The highest BCUT2D eigenvalue weighted by molar-refractivity contribution is 5.88. The van der Waals surface area contributed by atoms with Crippen LogP contribution in [0.15, 0.2) is 43.0 Å². The molecule has 3 fully saturated rings. The quantitative estimate of drug-likeness (QED) is 0.431. The average Bonchev–Trinajstić information content (AvgIpc) is 2.86. The number of Topliss-reactive ketones (excluding diaryl/α,β-unsaturated/α-hetero) is 1. The molecule has 1 aromatic rings. The summed E-state index contributed by atoms with van der Waals surface area (Å²) in [6.45, 7) is 12.3. The number of rotatable bonds is 5. The number of carbonyl (C=O) groups excluding carboxylic acids is 2. The molecular weight excluding hydrogens is 460 g/mol. The van der Waals surface area contributed by atoms with E-state index >= 15 is 0 Å². The lowest BCUT2D eigenvalue weighted by atomic mass is 9.73. The van der Waals surface area contributed by atoms with Crippen molar-refractivity contribution in [2.24, 2.45) is 17.3 Å². The maximum Gasteiger partial charge on any atom is 0.309 e. The van der Waals surface area contributed by atoms with E-state index in [1.54, 1.807) is 6.08 Å². The predicted molar refractivity (Wildman–Crippen MR) is 134 cm³/mol. The summed E-state index contributed by atoms with van der Waals surface area (Å²) in [4.78, 5) is 26.6. The van der Waals surface area contributed by atoms with Gasteiger partial charge in [0.2, 0.25) is 5.79 Å². The van der Waals surface area contributed by atoms with Gasteiger partial charge in [-0.2, -0.15) is 0 Å². The third-order valence-electron chi connectivity index (χ3n) is 8.30. The highest BCUT2D eigenvalue weighted by atomic mass is 16.7. The predicted octanol–water partition coefficient (Wildman–Crippen LogP) is 4.62. The monoisotopic (exact) mass is 500 g/mol. The summed E-state index contributed by atoms with van der Waals surface area (Å²) in [5.41, 5.74) is 0.461. The molecule has 3 aliphatic heterocycles. The van der Waals surface area contributed by atoms with Crippen LogP contribution >= 0.6 is 0 Å². The van der Waals surface area contributed by atoms with Crippen LogP contribution in [0.2, 0.25) is 0 Å². The molecular formula is C29H40O7. The van der Waals surface area contributed by atoms with Gasteiger partial charge in [0, 0.05) is 37.2 Å². The van der Waals surface area contributed by atoms with Gasteiger partial charge in [-0.05, 0) is 12.0 Å². The molecule has 198 valence electrons. The topological polar surface area (TPSA) is 80.3 Å². The second-order valence-corrected chi connectivity index (χ2v) is 11.2. The Morgan fingerprint density at radius 3 is 2.53 bits per heavy atom. The van der Waals surface area contributed by atoms with Crippen LogP contribution in [0.5, 0.6) is 0 Å². The van der Waals surface area contributed by atoms with Crippen molar-refractivity contribution in [3.05, 3.63) is 48.6 Å². The van der Waals surface area contributed by atoms with Gasteiger partial charge in [-0.15, -0.1) is 0 Å². The van der Waals surface area contributed by atoms with Crippen LogP contribution in [-0.2, 0) is 39.9 Å². The molecule has 3 saturated heterocycles. The number of fused-ring (bicyclic) bond motifs is 4. The third kappa shape index (κ3) is 5.30. The number of carbonyl (C=O) groups is 2. The zero-order valence-corrected chi connectivity index (χ0v) is 22.1. The highest BCUT2D eigenvalue weighted by Gasteiger charge is 2.56. The summed E-state index contributed by atoms with van der Waals surface area (Å²) in [7, 11) is 1.52. The van der Waals surface area contributed by atoms with Crippen LogP contribution in [0.1, 0.15) is 58.9 Å². The number of esters is 1. The first-order valence-electron chi connectivity index (χ1n) is 13.0. The van der Waals surface area contributed by atoms with Gasteiger partial charge < -0.3 is 23.7 Å². The van der Waals surface area contributed by atoms with E-state index in [0.717, 1.165) is 5.56 Å². The molecule has 0 radical (unpaired) electrons. The Bertz CT molecular complexity index is 944. The van der Waals surface area contributed by atoms with Crippen molar-refractivity contribution in [2.45, 2.75) is 96.3 Å². The summed E-state index contributed by atoms with van der Waals surface area (Å²) in [5, 5.41) is 0. The van der Waals surface area contributed by atoms with E-state index in [2.05, 4.69) is 6.58 Å². The Morgan fingerprint density at radius 2 is 1.86 bits per heavy atom. The minimum Gasteiger partial charge on any atom is -0.457 e. The summed E-state index contributed by atoms with van der Waals surface area (Å²) in [5.74, 6) is -2.19. The molecule has 0 aromatic heterocycles. The van der Waals surface area contributed by atoms with E-state index in [0.29, 0.717) is 19.4 Å². The van der Waals surface area contributed by atoms with E-state index in [9.17, 15) is 9.59 Å². The Balaban J connectivity index is 1.66. The first-order valence-corrected chi connectivity index (χ1v) is 13.0. The van der Waals surface area contributed by atoms with E-state index in [4.69, 9.17) is 23.7 Å². The van der Waals surface area contributed by atoms with Crippen molar-refractivity contribution < 1.29 is 33.3 Å². The summed E-state index contributed by atoms with van der Waals surface area (Å²) < 4.78 is 31.1. The molecule has 1 aromatic carbocycles. The van der Waals surface area contributed by atoms with Gasteiger partial charge >= 0.3 is 5.97 Å². The Hall–Kier alpha value is -2.06. The van der Waals surface area contributed by atoms with Gasteiger partial charge in [-0.1, -0.05) is 70.7 Å². The molecule has 0 aliphatic carbocycles. The van der Waals surface area contributed by atoms with Gasteiger partial charge in [0.15, 0.2) is 5.78 Å². The van der Waals surface area contributed by atoms with Crippen LogP contribution in [-0.4, -0.2) is 55.2 Å². The molecule has 0 N–H and O–H groups in total. The lowest BCUT2D eigenvalue weighted by molar-refractivity contribution is -0.293. The highest BCUT2D eigenvalue weighted by Crippen LogP contribution is 2.45. The first-order chi connectivity index (χ1) is 17.1. The van der Waals surface area contributed by atoms with Gasteiger partial charge in [0.25, 0.3) is 0 Å². The lowest BCUT2D eigenvalue weighted by Crippen LogP contribution is -2.61. The molecule has 0 spiro atoms. The average molecular weight is 501 g/mol. The molecule has 8 atom stereocenters. The van der Waals surface area contributed by atoms with Crippen molar-refractivity contribution in [1.29, 1.82) is 0 Å². The van der Waals surface area contributed by atoms with Crippen molar-refractivity contribution in [2.75, 3.05) is 7.11 Å². The standard InChI is InChI=1S/C29H40O7/c1-7-24-28(4,5)25-13-18(2)27(31)29(32-6,36-25)16-21-14-22(33-17-20-11-9-8-10-12-20)19(3)23(34-21)15-26(30)35-24/h7-12,18-19,21-25H,1,13-17H2,2-6H3/t18-,19-,21+,22+,23+,24-,25-,29-/m1/s1. The summed E-state index contributed by atoms with van der Waals surface area (Å²) in [6.07, 6.45) is 1.10. The number of benzene rings is 1. The zero-order chi connectivity index (χ0) is 26.1. The molecule has 36 heavy (non-hydrogen) atoms. The van der Waals surface area contributed by atoms with E-state index in [1.165, 1.54) is 7.11 Å². The molecule has 4 bridgehead atoms. The molecule has 0 saturated carbocycles. The van der Waals surface area contributed by atoms with E-state index in [-0.39, 0.29) is 54.7 Å². The maximum absolute atomic E-state index is 13.5. The number of cyclic esters (lactones) is 1. The number of hydrogen-bond acceptors (Lipinski definition) is 7. The first kappa shape index (κ1) is 27.0. The van der Waals surface area contributed by atoms with Crippen molar-refractivity contribution in [1.82, 2.24) is 0 Å². The molecule has 7 heteroatoms. The normalized spacial score (nSPS) is 38.9. The van der Waals surface area contributed by atoms with Crippen molar-refractivity contribution in [3.63, 3.8) is 0 Å². The minimum atomic E-state index is -1.44. The fourth-order valence-corrected chi connectivity index (χ4v) is 5.82. The SMILES string of the molecule is C=C[C@H]1OC(=O)C[C@@H]2O[C@@H](C[C@H](OCc3ccccc3)[C@H]2C)C[C@@]2(OC)O[C@H](C[C@@H](C)C2=O)C1(C)C. The van der Waals surface area contributed by atoms with Crippen molar-refractivity contribution >= 4 is 11.8 Å². The molecule has 0 amide bonds. The molecule has 0 unspecified atom stereocenters. The second-order valence-electron chi connectivity index (χ2n) is 11.2. The summed E-state index contributed by atoms with van der Waals surface area (Å²) in [6, 6.07) is 9.98.